The number of carboxylic acids is 1. The maximum atomic E-state index is 11.4. The number of sulfonamides is 1. The molecule has 18 heavy (non-hydrogen) atoms. The largest absolute Gasteiger partial charge is 0.480 e. The van der Waals surface area contributed by atoms with Crippen molar-refractivity contribution < 1.29 is 18.3 Å². The first-order valence-corrected chi connectivity index (χ1v) is 8.15. The van der Waals surface area contributed by atoms with Crippen molar-refractivity contribution in [1.82, 2.24) is 0 Å². The second-order valence-electron chi connectivity index (χ2n) is 3.68. The van der Waals surface area contributed by atoms with Crippen LogP contribution in [0.1, 0.15) is 5.56 Å². The summed E-state index contributed by atoms with van der Waals surface area (Å²) in [6.07, 6.45) is 0.148. The quantitative estimate of drug-likeness (QED) is 0.496. The van der Waals surface area contributed by atoms with Crippen LogP contribution in [-0.2, 0) is 21.2 Å². The third kappa shape index (κ3) is 4.78. The SMILES string of the molecule is NC(Cc1cccc(NS(=O)(=O)CI)c1)C(=O)O. The molecular weight excluding hydrogens is 371 g/mol. The predicted molar refractivity (Wildman–Crippen MR) is 77.2 cm³/mol. The van der Waals surface area contributed by atoms with E-state index in [0.29, 0.717) is 11.3 Å². The van der Waals surface area contributed by atoms with E-state index in [1.807, 2.05) is 0 Å². The van der Waals surface area contributed by atoms with E-state index in [-0.39, 0.29) is 10.2 Å². The third-order valence-corrected chi connectivity index (χ3v) is 5.41. The average molecular weight is 384 g/mol. The van der Waals surface area contributed by atoms with Gasteiger partial charge in [-0.2, -0.15) is 0 Å². The molecule has 0 bridgehead atoms. The fourth-order valence-electron chi connectivity index (χ4n) is 1.31. The number of nitrogens with one attached hydrogen (secondary N) is 1. The van der Waals surface area contributed by atoms with E-state index >= 15 is 0 Å². The van der Waals surface area contributed by atoms with Crippen LogP contribution in [0.3, 0.4) is 0 Å². The van der Waals surface area contributed by atoms with Crippen LogP contribution in [0, 0.1) is 0 Å². The van der Waals surface area contributed by atoms with Crippen molar-refractivity contribution in [1.29, 1.82) is 0 Å². The number of aliphatic carboxylic acids is 1. The van der Waals surface area contributed by atoms with Crippen LogP contribution in [0.2, 0.25) is 0 Å². The maximum Gasteiger partial charge on any atom is 0.320 e. The first kappa shape index (κ1) is 15.2. The molecule has 0 spiro atoms. The van der Waals surface area contributed by atoms with Gasteiger partial charge in [-0.25, -0.2) is 8.42 Å². The summed E-state index contributed by atoms with van der Waals surface area (Å²) in [6, 6.07) is 5.52. The molecule has 1 rings (SSSR count). The Labute approximate surface area is 119 Å². The van der Waals surface area contributed by atoms with E-state index < -0.39 is 22.0 Å². The van der Waals surface area contributed by atoms with Gasteiger partial charge in [-0.3, -0.25) is 9.52 Å². The van der Waals surface area contributed by atoms with Gasteiger partial charge in [0, 0.05) is 5.69 Å². The zero-order valence-electron chi connectivity index (χ0n) is 9.34. The number of rotatable bonds is 6. The first-order valence-electron chi connectivity index (χ1n) is 4.98. The van der Waals surface area contributed by atoms with Crippen molar-refractivity contribution >= 4 is 44.3 Å². The Morgan fingerprint density at radius 3 is 2.72 bits per heavy atom. The standard InChI is InChI=1S/C10H13IN2O4S/c11-6-18(16,17)13-8-3-1-2-7(4-8)5-9(12)10(14)15/h1-4,9,13H,5-6,12H2,(H,14,15). The zero-order chi connectivity index (χ0) is 13.8. The molecule has 0 radical (unpaired) electrons. The number of benzene rings is 1. The van der Waals surface area contributed by atoms with Crippen molar-refractivity contribution in [2.75, 3.05) is 8.48 Å². The smallest absolute Gasteiger partial charge is 0.320 e. The van der Waals surface area contributed by atoms with E-state index in [9.17, 15) is 13.2 Å². The highest BCUT2D eigenvalue weighted by Gasteiger charge is 2.13. The Morgan fingerprint density at radius 1 is 1.50 bits per heavy atom. The van der Waals surface area contributed by atoms with Crippen molar-refractivity contribution in [2.45, 2.75) is 12.5 Å². The molecule has 0 saturated heterocycles. The summed E-state index contributed by atoms with van der Waals surface area (Å²) in [7, 11) is -3.35. The molecule has 0 amide bonds. The van der Waals surface area contributed by atoms with Gasteiger partial charge in [-0.15, -0.1) is 0 Å². The second-order valence-corrected chi connectivity index (χ2v) is 7.20. The summed E-state index contributed by atoms with van der Waals surface area (Å²) in [5.74, 6) is -1.09. The topological polar surface area (TPSA) is 109 Å². The molecule has 6 nitrogen and oxygen atoms in total. The minimum absolute atomic E-state index is 0.0520. The van der Waals surface area contributed by atoms with Gasteiger partial charge in [0.25, 0.3) is 0 Å². The number of carbonyl (C=O) groups is 1. The van der Waals surface area contributed by atoms with E-state index in [0.717, 1.165) is 0 Å². The minimum atomic E-state index is -3.35. The van der Waals surface area contributed by atoms with Crippen LogP contribution in [0.15, 0.2) is 24.3 Å². The van der Waals surface area contributed by atoms with Gasteiger partial charge in [-0.1, -0.05) is 34.7 Å². The Kier molecular flexibility index (Phi) is 5.35. The second kappa shape index (κ2) is 6.34. The van der Waals surface area contributed by atoms with Crippen LogP contribution in [0.5, 0.6) is 0 Å². The van der Waals surface area contributed by atoms with E-state index in [1.165, 1.54) is 0 Å². The Morgan fingerprint density at radius 2 is 2.17 bits per heavy atom. The third-order valence-electron chi connectivity index (χ3n) is 2.12. The molecule has 1 atom stereocenters. The Hall–Kier alpha value is -0.870. The van der Waals surface area contributed by atoms with Crippen LogP contribution in [0.25, 0.3) is 0 Å². The van der Waals surface area contributed by atoms with Crippen molar-refractivity contribution in [2.24, 2.45) is 5.73 Å². The highest BCUT2D eigenvalue weighted by atomic mass is 127. The number of halogens is 1. The number of nitrogens with two attached hydrogens (primary N) is 1. The summed E-state index contributed by atoms with van der Waals surface area (Å²) in [4.78, 5) is 10.6. The number of anilines is 1. The van der Waals surface area contributed by atoms with Crippen LogP contribution in [-0.4, -0.2) is 29.3 Å². The molecular formula is C10H13IN2O4S. The molecule has 0 fully saturated rings. The molecule has 0 aromatic heterocycles. The summed E-state index contributed by atoms with van der Waals surface area (Å²) in [6.45, 7) is 0. The Balaban J connectivity index is 2.83. The van der Waals surface area contributed by atoms with Gasteiger partial charge in [0.2, 0.25) is 10.0 Å². The number of hydrogen-bond acceptors (Lipinski definition) is 4. The molecule has 0 saturated carbocycles. The van der Waals surface area contributed by atoms with Gasteiger partial charge >= 0.3 is 5.97 Å². The van der Waals surface area contributed by atoms with Gasteiger partial charge in [0.05, 0.1) is 0 Å². The zero-order valence-corrected chi connectivity index (χ0v) is 12.3. The van der Waals surface area contributed by atoms with Gasteiger partial charge in [0.1, 0.15) is 9.80 Å². The summed E-state index contributed by atoms with van der Waals surface area (Å²) in [5.41, 5.74) is 6.48. The van der Waals surface area contributed by atoms with Crippen molar-refractivity contribution in [3.8, 4) is 0 Å². The predicted octanol–water partition coefficient (Wildman–Crippen LogP) is 0.775. The number of carboxylic acid groups (broad SMARTS) is 1. The normalized spacial score (nSPS) is 13.0. The van der Waals surface area contributed by atoms with Gasteiger partial charge in [-0.05, 0) is 24.1 Å². The van der Waals surface area contributed by atoms with Crippen LogP contribution >= 0.6 is 22.6 Å². The molecule has 0 aliphatic rings. The molecule has 1 aromatic rings. The van der Waals surface area contributed by atoms with Gasteiger partial charge in [0.15, 0.2) is 0 Å². The summed E-state index contributed by atoms with van der Waals surface area (Å²) in [5, 5.41) is 8.70. The van der Waals surface area contributed by atoms with Crippen molar-refractivity contribution in [3.05, 3.63) is 29.8 Å². The van der Waals surface area contributed by atoms with Crippen LogP contribution < -0.4 is 10.5 Å². The molecule has 0 heterocycles. The molecule has 1 unspecified atom stereocenters. The van der Waals surface area contributed by atoms with E-state index in [1.54, 1.807) is 46.9 Å². The highest BCUT2D eigenvalue weighted by molar-refractivity contribution is 14.1. The molecule has 4 N–H and O–H groups in total. The van der Waals surface area contributed by atoms with Crippen LogP contribution in [0.4, 0.5) is 5.69 Å². The molecule has 0 aliphatic heterocycles. The van der Waals surface area contributed by atoms with E-state index in [2.05, 4.69) is 4.72 Å². The van der Waals surface area contributed by atoms with Gasteiger partial charge < -0.3 is 10.8 Å². The molecule has 100 valence electrons. The summed E-state index contributed by atoms with van der Waals surface area (Å²) >= 11 is 1.75. The number of alkyl halides is 1. The van der Waals surface area contributed by atoms with Crippen molar-refractivity contribution in [3.63, 3.8) is 0 Å². The lowest BCUT2D eigenvalue weighted by molar-refractivity contribution is -0.138. The lowest BCUT2D eigenvalue weighted by Crippen LogP contribution is -2.32. The maximum absolute atomic E-state index is 11.4. The Bertz CT molecular complexity index is 532. The minimum Gasteiger partial charge on any atom is -0.480 e. The summed E-state index contributed by atoms with van der Waals surface area (Å²) < 4.78 is 25.1. The first-order chi connectivity index (χ1) is 8.34. The van der Waals surface area contributed by atoms with E-state index in [4.69, 9.17) is 10.8 Å². The fourth-order valence-corrected chi connectivity index (χ4v) is 2.32. The fraction of sp³-hybridized carbons (Fsp3) is 0.300. The lowest BCUT2D eigenvalue weighted by Gasteiger charge is -2.09. The highest BCUT2D eigenvalue weighted by Crippen LogP contribution is 2.14. The molecule has 0 aliphatic carbocycles. The lowest BCUT2D eigenvalue weighted by atomic mass is 10.1. The molecule has 8 heteroatoms. The number of hydrogen-bond donors (Lipinski definition) is 3. The molecule has 1 aromatic carbocycles. The monoisotopic (exact) mass is 384 g/mol. The average Bonchev–Trinajstić information content (AvgIpc) is 2.28.